The van der Waals surface area contributed by atoms with Crippen molar-refractivity contribution in [3.05, 3.63) is 87.6 Å². The number of anilines is 1. The van der Waals surface area contributed by atoms with Crippen molar-refractivity contribution in [2.75, 3.05) is 5.32 Å². The molecule has 1 aliphatic carbocycles. The largest absolute Gasteiger partial charge is 0.493 e. The van der Waals surface area contributed by atoms with Crippen LogP contribution in [0.5, 0.6) is 5.88 Å². The van der Waals surface area contributed by atoms with Crippen LogP contribution in [0, 0.1) is 0 Å². The van der Waals surface area contributed by atoms with Crippen LogP contribution in [0.1, 0.15) is 24.1 Å². The summed E-state index contributed by atoms with van der Waals surface area (Å²) in [6, 6.07) is 12.3. The fourth-order valence-electron chi connectivity index (χ4n) is 3.74. The smallest absolute Gasteiger partial charge is 0.326 e. The van der Waals surface area contributed by atoms with E-state index in [1.54, 1.807) is 16.8 Å². The Morgan fingerprint density at radius 1 is 1.15 bits per heavy atom. The van der Waals surface area contributed by atoms with Gasteiger partial charge < -0.3 is 20.0 Å². The van der Waals surface area contributed by atoms with Crippen LogP contribution in [0.2, 0.25) is 0 Å². The predicted molar refractivity (Wildman–Crippen MR) is 124 cm³/mol. The highest BCUT2D eigenvalue weighted by Gasteiger charge is 2.21. The van der Waals surface area contributed by atoms with Crippen molar-refractivity contribution in [3.8, 4) is 11.6 Å². The molecule has 11 nitrogen and oxygen atoms in total. The van der Waals surface area contributed by atoms with Crippen molar-refractivity contribution in [1.29, 1.82) is 0 Å². The lowest BCUT2D eigenvalue weighted by molar-refractivity contribution is 0.454. The summed E-state index contributed by atoms with van der Waals surface area (Å²) in [5.74, 6) is 0.164. The van der Waals surface area contributed by atoms with Crippen LogP contribution in [-0.2, 0) is 6.54 Å². The summed E-state index contributed by atoms with van der Waals surface area (Å²) in [6.45, 7) is 0.506. The number of rotatable bonds is 6. The molecular weight excluding hydrogens is 434 g/mol. The van der Waals surface area contributed by atoms with Crippen molar-refractivity contribution >= 4 is 17.7 Å². The number of hydrogen-bond acceptors (Lipinski definition) is 7. The van der Waals surface area contributed by atoms with Crippen LogP contribution in [0.15, 0.2) is 64.8 Å². The molecule has 0 bridgehead atoms. The van der Waals surface area contributed by atoms with Crippen molar-refractivity contribution in [2.45, 2.75) is 25.4 Å². The third-order valence-electron chi connectivity index (χ3n) is 5.57. The topological polar surface area (TPSA) is 141 Å². The first kappa shape index (κ1) is 20.0. The Labute approximate surface area is 192 Å². The molecule has 34 heavy (non-hydrogen) atoms. The molecule has 1 fully saturated rings. The molecule has 4 N–H and O–H groups in total. The van der Waals surface area contributed by atoms with Gasteiger partial charge in [-0.15, -0.1) is 0 Å². The van der Waals surface area contributed by atoms with Gasteiger partial charge >= 0.3 is 5.69 Å². The second-order valence-electron chi connectivity index (χ2n) is 8.10. The quantitative estimate of drug-likeness (QED) is 0.299. The number of nitrogens with one attached hydrogen (secondary N) is 3. The second-order valence-corrected chi connectivity index (χ2v) is 8.10. The summed E-state index contributed by atoms with van der Waals surface area (Å²) < 4.78 is 3.63. The van der Waals surface area contributed by atoms with Gasteiger partial charge in [-0.25, -0.2) is 9.79 Å². The summed E-state index contributed by atoms with van der Waals surface area (Å²) in [5, 5.41) is 18.3. The highest BCUT2D eigenvalue weighted by Crippen LogP contribution is 2.22. The van der Waals surface area contributed by atoms with Gasteiger partial charge in [0.05, 0.1) is 12.2 Å². The number of aromatic hydroxyl groups is 1. The van der Waals surface area contributed by atoms with Gasteiger partial charge in [-0.05, 0) is 42.7 Å². The minimum absolute atomic E-state index is 0.238. The zero-order valence-electron chi connectivity index (χ0n) is 18.0. The summed E-state index contributed by atoms with van der Waals surface area (Å²) in [4.78, 5) is 30.3. The SMILES string of the molecule is O=c1[nH]c(O)c(/C=c2/cnn3c(=NC4CC4)nc(NCc4ccccc4-n4cccc4)nc23)[nH]1. The molecule has 1 aliphatic rings. The van der Waals surface area contributed by atoms with E-state index in [-0.39, 0.29) is 17.6 Å². The van der Waals surface area contributed by atoms with E-state index < -0.39 is 5.69 Å². The molecule has 0 aliphatic heterocycles. The van der Waals surface area contributed by atoms with Crippen LogP contribution in [0.3, 0.4) is 0 Å². The van der Waals surface area contributed by atoms with Crippen LogP contribution in [-0.4, -0.2) is 45.3 Å². The number of fused-ring (bicyclic) bond motifs is 1. The van der Waals surface area contributed by atoms with Crippen molar-refractivity contribution < 1.29 is 5.11 Å². The van der Waals surface area contributed by atoms with E-state index in [1.165, 1.54) is 0 Å². The Hall–Kier alpha value is -4.67. The van der Waals surface area contributed by atoms with E-state index in [9.17, 15) is 9.90 Å². The molecule has 6 rings (SSSR count). The average molecular weight is 455 g/mol. The number of hydrogen-bond donors (Lipinski definition) is 4. The number of benzene rings is 1. The van der Waals surface area contributed by atoms with Crippen LogP contribution in [0.25, 0.3) is 17.4 Å². The molecule has 0 atom stereocenters. The fourth-order valence-corrected chi connectivity index (χ4v) is 3.74. The lowest BCUT2D eigenvalue weighted by Crippen LogP contribution is -2.25. The Kier molecular flexibility index (Phi) is 4.72. The summed E-state index contributed by atoms with van der Waals surface area (Å²) in [5.41, 5.74) is 2.86. The predicted octanol–water partition coefficient (Wildman–Crippen LogP) is 0.860. The van der Waals surface area contributed by atoms with Crippen molar-refractivity contribution in [1.82, 2.24) is 34.1 Å². The maximum Gasteiger partial charge on any atom is 0.326 e. The zero-order chi connectivity index (χ0) is 23.1. The monoisotopic (exact) mass is 455 g/mol. The maximum atomic E-state index is 11.5. The number of H-pyrrole nitrogens is 2. The van der Waals surface area contributed by atoms with Gasteiger partial charge in [0.15, 0.2) is 5.65 Å². The molecule has 4 aromatic heterocycles. The van der Waals surface area contributed by atoms with Crippen LogP contribution in [0.4, 0.5) is 5.95 Å². The molecule has 5 aromatic rings. The first-order chi connectivity index (χ1) is 16.6. The first-order valence-electron chi connectivity index (χ1n) is 10.9. The first-order valence-corrected chi connectivity index (χ1v) is 10.9. The fraction of sp³-hybridized carbons (Fsp3) is 0.174. The molecular formula is C23H21N9O2. The van der Waals surface area contributed by atoms with Gasteiger partial charge in [0.2, 0.25) is 11.8 Å². The number of aromatic amines is 2. The number of imidazole rings is 1. The van der Waals surface area contributed by atoms with Gasteiger partial charge in [-0.3, -0.25) is 4.98 Å². The molecule has 1 aromatic carbocycles. The van der Waals surface area contributed by atoms with E-state index in [0.717, 1.165) is 24.1 Å². The molecule has 0 spiro atoms. The van der Waals surface area contributed by atoms with E-state index in [2.05, 4.69) is 47.1 Å². The summed E-state index contributed by atoms with van der Waals surface area (Å²) in [6.07, 6.45) is 9.27. The van der Waals surface area contributed by atoms with Gasteiger partial charge in [-0.1, -0.05) is 18.2 Å². The summed E-state index contributed by atoms with van der Waals surface area (Å²) in [7, 11) is 0. The Morgan fingerprint density at radius 2 is 1.97 bits per heavy atom. The Balaban J connectivity index is 1.41. The number of para-hydroxylation sites is 1. The van der Waals surface area contributed by atoms with Gasteiger partial charge in [0, 0.05) is 29.8 Å². The maximum absolute atomic E-state index is 11.5. The molecule has 11 heteroatoms. The Bertz CT molecular complexity index is 1660. The second kappa shape index (κ2) is 8.03. The molecule has 0 saturated heterocycles. The normalized spacial score (nSPS) is 14.8. The third-order valence-corrected chi connectivity index (χ3v) is 5.57. The number of nitrogens with zero attached hydrogens (tertiary/aromatic N) is 6. The highest BCUT2D eigenvalue weighted by atomic mass is 16.3. The summed E-state index contributed by atoms with van der Waals surface area (Å²) >= 11 is 0. The number of aromatic nitrogens is 7. The molecule has 0 amide bonds. The minimum atomic E-state index is -0.497. The van der Waals surface area contributed by atoms with Gasteiger partial charge in [0.1, 0.15) is 5.69 Å². The average Bonchev–Trinajstić information content (AvgIpc) is 3.20. The van der Waals surface area contributed by atoms with Gasteiger partial charge in [-0.2, -0.15) is 19.6 Å². The lowest BCUT2D eigenvalue weighted by atomic mass is 10.1. The molecule has 0 radical (unpaired) electrons. The molecule has 1 saturated carbocycles. The molecule has 170 valence electrons. The minimum Gasteiger partial charge on any atom is -0.493 e. The highest BCUT2D eigenvalue weighted by molar-refractivity contribution is 5.57. The Morgan fingerprint density at radius 3 is 2.74 bits per heavy atom. The van der Waals surface area contributed by atoms with Crippen LogP contribution < -0.4 is 21.8 Å². The van der Waals surface area contributed by atoms with E-state index in [1.807, 2.05) is 36.7 Å². The molecule has 0 unspecified atom stereocenters. The zero-order valence-corrected chi connectivity index (χ0v) is 18.0. The van der Waals surface area contributed by atoms with Crippen molar-refractivity contribution in [2.24, 2.45) is 4.99 Å². The van der Waals surface area contributed by atoms with E-state index in [0.29, 0.717) is 29.0 Å². The third kappa shape index (κ3) is 3.83. The lowest BCUT2D eigenvalue weighted by Gasteiger charge is -2.11. The van der Waals surface area contributed by atoms with Crippen molar-refractivity contribution in [3.63, 3.8) is 0 Å². The van der Waals surface area contributed by atoms with Crippen LogP contribution >= 0.6 is 0 Å². The standard InChI is InChI=1S/C23H21N9O2/c33-20-17(27-23(34)29-20)11-15-13-25-32-19(15)28-21(30-22(32)26-16-7-8-16)24-12-14-5-1-2-6-18(14)31-9-3-4-10-31/h1-6,9-11,13,16,33H,7-8,12H2,(H,24,26,30)(H2,27,29,34)/b15-11-. The van der Waals surface area contributed by atoms with E-state index >= 15 is 0 Å². The molecule has 4 heterocycles. The van der Waals surface area contributed by atoms with Gasteiger partial charge in [0.25, 0.3) is 5.62 Å². The van der Waals surface area contributed by atoms with E-state index in [4.69, 9.17) is 4.99 Å².